The first-order valence-corrected chi connectivity index (χ1v) is 5.49. The fraction of sp³-hybridized carbons (Fsp3) is 0.231. The van der Waals surface area contributed by atoms with Gasteiger partial charge in [-0.15, -0.1) is 0 Å². The molecule has 1 aromatic rings. The molecule has 0 atom stereocenters. The van der Waals surface area contributed by atoms with Gasteiger partial charge < -0.3 is 10.6 Å². The van der Waals surface area contributed by atoms with Gasteiger partial charge in [0.05, 0.1) is 6.42 Å². The third-order valence-electron chi connectivity index (χ3n) is 2.54. The van der Waals surface area contributed by atoms with Crippen LogP contribution in [0.2, 0.25) is 0 Å². The molecule has 1 aliphatic rings. The Morgan fingerprint density at radius 3 is 3.12 bits per heavy atom. The molecule has 2 amide bonds. The van der Waals surface area contributed by atoms with Crippen molar-refractivity contribution in [3.05, 3.63) is 35.4 Å². The number of carbonyl (C=O) groups excluding carboxylic acids is 2. The van der Waals surface area contributed by atoms with Crippen LogP contribution in [0.25, 0.3) is 6.08 Å². The number of anilines is 1. The molecule has 4 heteroatoms. The van der Waals surface area contributed by atoms with Crippen molar-refractivity contribution in [1.29, 1.82) is 0 Å². The Bertz CT molecular complexity index is 492. The SMILES string of the molecule is CC(=O)NCC=Cc1ccc2c(c1)NC(=O)C2. The van der Waals surface area contributed by atoms with Gasteiger partial charge in [0.1, 0.15) is 0 Å². The van der Waals surface area contributed by atoms with Gasteiger partial charge in [0.25, 0.3) is 0 Å². The Hall–Kier alpha value is -2.10. The summed E-state index contributed by atoms with van der Waals surface area (Å²) in [7, 11) is 0. The van der Waals surface area contributed by atoms with E-state index >= 15 is 0 Å². The monoisotopic (exact) mass is 230 g/mol. The van der Waals surface area contributed by atoms with Gasteiger partial charge in [-0.25, -0.2) is 0 Å². The van der Waals surface area contributed by atoms with E-state index in [2.05, 4.69) is 10.6 Å². The summed E-state index contributed by atoms with van der Waals surface area (Å²) in [5, 5.41) is 5.48. The van der Waals surface area contributed by atoms with Crippen LogP contribution in [0.3, 0.4) is 0 Å². The second-order valence-electron chi connectivity index (χ2n) is 3.98. The lowest BCUT2D eigenvalue weighted by molar-refractivity contribution is -0.118. The summed E-state index contributed by atoms with van der Waals surface area (Å²) in [5.41, 5.74) is 2.93. The summed E-state index contributed by atoms with van der Waals surface area (Å²) in [4.78, 5) is 21.8. The zero-order chi connectivity index (χ0) is 12.3. The number of carbonyl (C=O) groups is 2. The van der Waals surface area contributed by atoms with Crippen LogP contribution >= 0.6 is 0 Å². The molecule has 1 aliphatic heterocycles. The zero-order valence-electron chi connectivity index (χ0n) is 9.62. The summed E-state index contributed by atoms with van der Waals surface area (Å²) >= 11 is 0. The Balaban J connectivity index is 2.01. The van der Waals surface area contributed by atoms with E-state index < -0.39 is 0 Å². The molecule has 0 saturated heterocycles. The van der Waals surface area contributed by atoms with Crippen molar-refractivity contribution in [3.8, 4) is 0 Å². The van der Waals surface area contributed by atoms with Crippen molar-refractivity contribution >= 4 is 23.6 Å². The number of hydrogen-bond donors (Lipinski definition) is 2. The predicted molar refractivity (Wildman–Crippen MR) is 66.5 cm³/mol. The van der Waals surface area contributed by atoms with Gasteiger partial charge in [-0.05, 0) is 17.2 Å². The van der Waals surface area contributed by atoms with E-state index in [0.717, 1.165) is 16.8 Å². The van der Waals surface area contributed by atoms with Gasteiger partial charge in [0, 0.05) is 19.2 Å². The minimum Gasteiger partial charge on any atom is -0.353 e. The molecule has 1 aromatic carbocycles. The maximum absolute atomic E-state index is 11.2. The van der Waals surface area contributed by atoms with E-state index in [1.54, 1.807) is 0 Å². The molecule has 2 rings (SSSR count). The highest BCUT2D eigenvalue weighted by atomic mass is 16.2. The Morgan fingerprint density at radius 1 is 1.53 bits per heavy atom. The molecule has 0 aliphatic carbocycles. The Labute approximate surface area is 99.7 Å². The second-order valence-corrected chi connectivity index (χ2v) is 3.98. The van der Waals surface area contributed by atoms with E-state index in [1.165, 1.54) is 6.92 Å². The highest BCUT2D eigenvalue weighted by Crippen LogP contribution is 2.24. The highest BCUT2D eigenvalue weighted by molar-refractivity contribution is 5.99. The van der Waals surface area contributed by atoms with Crippen molar-refractivity contribution in [3.63, 3.8) is 0 Å². The lowest BCUT2D eigenvalue weighted by Crippen LogP contribution is -2.19. The van der Waals surface area contributed by atoms with Crippen molar-refractivity contribution in [2.45, 2.75) is 13.3 Å². The predicted octanol–water partition coefficient (Wildman–Crippen LogP) is 1.33. The molecule has 1 heterocycles. The third-order valence-corrected chi connectivity index (χ3v) is 2.54. The van der Waals surface area contributed by atoms with Gasteiger partial charge in [0.15, 0.2) is 0 Å². The first-order valence-electron chi connectivity index (χ1n) is 5.49. The summed E-state index contributed by atoms with van der Waals surface area (Å²) < 4.78 is 0. The number of amides is 2. The van der Waals surface area contributed by atoms with Crippen LogP contribution in [-0.4, -0.2) is 18.4 Å². The van der Waals surface area contributed by atoms with Crippen molar-refractivity contribution in [1.82, 2.24) is 5.32 Å². The molecule has 0 spiro atoms. The number of hydrogen-bond acceptors (Lipinski definition) is 2. The van der Waals surface area contributed by atoms with E-state index in [-0.39, 0.29) is 11.8 Å². The Kier molecular flexibility index (Phi) is 3.23. The van der Waals surface area contributed by atoms with Crippen LogP contribution in [0.1, 0.15) is 18.1 Å². The highest BCUT2D eigenvalue weighted by Gasteiger charge is 2.16. The van der Waals surface area contributed by atoms with Gasteiger partial charge in [-0.1, -0.05) is 24.3 Å². The molecule has 4 nitrogen and oxygen atoms in total. The molecule has 0 aromatic heterocycles. The van der Waals surface area contributed by atoms with E-state index in [9.17, 15) is 9.59 Å². The molecule has 88 valence electrons. The van der Waals surface area contributed by atoms with Gasteiger partial charge in [-0.3, -0.25) is 9.59 Å². The van der Waals surface area contributed by atoms with Crippen LogP contribution in [0.4, 0.5) is 5.69 Å². The molecule has 17 heavy (non-hydrogen) atoms. The second kappa shape index (κ2) is 4.82. The minimum atomic E-state index is -0.0455. The molecular weight excluding hydrogens is 216 g/mol. The standard InChI is InChI=1S/C13H14N2O2/c1-9(16)14-6-2-3-10-4-5-11-8-13(17)15-12(11)7-10/h2-5,7H,6,8H2,1H3,(H,14,16)(H,15,17). The van der Waals surface area contributed by atoms with Crippen LogP contribution in [0.5, 0.6) is 0 Å². The number of rotatable bonds is 3. The third kappa shape index (κ3) is 2.93. The summed E-state index contributed by atoms with van der Waals surface area (Å²) in [6.45, 7) is 2.00. The summed E-state index contributed by atoms with van der Waals surface area (Å²) in [5.74, 6) is -0.00440. The maximum Gasteiger partial charge on any atom is 0.228 e. The van der Waals surface area contributed by atoms with Crippen molar-refractivity contribution in [2.24, 2.45) is 0 Å². The molecular formula is C13H14N2O2. The van der Waals surface area contributed by atoms with Gasteiger partial charge >= 0.3 is 0 Å². The van der Waals surface area contributed by atoms with Crippen LogP contribution in [0, 0.1) is 0 Å². The van der Waals surface area contributed by atoms with Crippen LogP contribution in [-0.2, 0) is 16.0 Å². The smallest absolute Gasteiger partial charge is 0.228 e. The van der Waals surface area contributed by atoms with E-state index in [0.29, 0.717) is 13.0 Å². The molecule has 0 unspecified atom stereocenters. The summed E-state index contributed by atoms with van der Waals surface area (Å²) in [6.07, 6.45) is 4.26. The largest absolute Gasteiger partial charge is 0.353 e. The molecule has 0 fully saturated rings. The first-order chi connectivity index (χ1) is 8.15. The topological polar surface area (TPSA) is 58.2 Å². The fourth-order valence-corrected chi connectivity index (χ4v) is 1.73. The molecule has 0 radical (unpaired) electrons. The quantitative estimate of drug-likeness (QED) is 0.823. The Morgan fingerprint density at radius 2 is 2.35 bits per heavy atom. The average molecular weight is 230 g/mol. The minimum absolute atomic E-state index is 0.0411. The van der Waals surface area contributed by atoms with Gasteiger partial charge in [0.2, 0.25) is 11.8 Å². The van der Waals surface area contributed by atoms with Crippen molar-refractivity contribution in [2.75, 3.05) is 11.9 Å². The van der Waals surface area contributed by atoms with E-state index in [1.807, 2.05) is 30.4 Å². The molecule has 0 saturated carbocycles. The lowest BCUT2D eigenvalue weighted by Gasteiger charge is -2.00. The number of fused-ring (bicyclic) bond motifs is 1. The van der Waals surface area contributed by atoms with E-state index in [4.69, 9.17) is 0 Å². The number of benzene rings is 1. The summed E-state index contributed by atoms with van der Waals surface area (Å²) in [6, 6.07) is 5.85. The lowest BCUT2D eigenvalue weighted by atomic mass is 10.1. The molecule has 0 bridgehead atoms. The normalized spacial score (nSPS) is 13.6. The zero-order valence-corrected chi connectivity index (χ0v) is 9.62. The maximum atomic E-state index is 11.2. The number of nitrogens with one attached hydrogen (secondary N) is 2. The molecule has 2 N–H and O–H groups in total. The van der Waals surface area contributed by atoms with Crippen LogP contribution in [0.15, 0.2) is 24.3 Å². The van der Waals surface area contributed by atoms with Gasteiger partial charge in [-0.2, -0.15) is 0 Å². The average Bonchev–Trinajstić information content (AvgIpc) is 2.63. The van der Waals surface area contributed by atoms with Crippen molar-refractivity contribution < 1.29 is 9.59 Å². The first kappa shape index (κ1) is 11.4. The fourth-order valence-electron chi connectivity index (χ4n) is 1.73. The van der Waals surface area contributed by atoms with Crippen LogP contribution < -0.4 is 10.6 Å².